The summed E-state index contributed by atoms with van der Waals surface area (Å²) in [5.74, 6) is 0.518. The van der Waals surface area contributed by atoms with E-state index in [2.05, 4.69) is 18.0 Å². The van der Waals surface area contributed by atoms with E-state index in [4.69, 9.17) is 4.74 Å². The smallest absolute Gasteiger partial charge is 0.326 e. The summed E-state index contributed by atoms with van der Waals surface area (Å²) in [6, 6.07) is 16.1. The quantitative estimate of drug-likeness (QED) is 0.505. The lowest BCUT2D eigenvalue weighted by molar-refractivity contribution is -0.143. The average molecular weight is 429 g/mol. The molecule has 0 saturated carbocycles. The Morgan fingerprint density at radius 3 is 2.62 bits per heavy atom. The van der Waals surface area contributed by atoms with E-state index in [1.54, 1.807) is 11.5 Å². The average Bonchev–Trinajstić information content (AvgIpc) is 3.05. The van der Waals surface area contributed by atoms with Crippen molar-refractivity contribution in [3.8, 4) is 0 Å². The molecule has 0 aliphatic carbocycles. The SMILES string of the molecule is CCOC(=O)Cn1c(=NC(=O)CSCc2ccccc2)sc2cc(CC)ccc21. The summed E-state index contributed by atoms with van der Waals surface area (Å²) in [6.45, 7) is 4.24. The van der Waals surface area contributed by atoms with Gasteiger partial charge in [0.1, 0.15) is 6.54 Å². The van der Waals surface area contributed by atoms with Gasteiger partial charge >= 0.3 is 5.97 Å². The van der Waals surface area contributed by atoms with Crippen molar-refractivity contribution in [1.82, 2.24) is 4.57 Å². The minimum absolute atomic E-state index is 0.0442. The molecule has 0 unspecified atom stereocenters. The second-order valence-electron chi connectivity index (χ2n) is 6.42. The first-order valence-electron chi connectivity index (χ1n) is 9.57. The Morgan fingerprint density at radius 1 is 1.10 bits per heavy atom. The molecule has 1 aromatic heterocycles. The molecule has 0 saturated heterocycles. The number of benzene rings is 2. The van der Waals surface area contributed by atoms with Crippen LogP contribution in [0.4, 0.5) is 0 Å². The maximum Gasteiger partial charge on any atom is 0.326 e. The van der Waals surface area contributed by atoms with Crippen molar-refractivity contribution in [3.63, 3.8) is 0 Å². The van der Waals surface area contributed by atoms with Gasteiger partial charge in [-0.05, 0) is 36.6 Å². The molecule has 0 aliphatic rings. The van der Waals surface area contributed by atoms with Gasteiger partial charge in [-0.15, -0.1) is 11.8 Å². The lowest BCUT2D eigenvalue weighted by Gasteiger charge is -2.05. The Bertz CT molecular complexity index is 1050. The molecule has 1 amide bonds. The van der Waals surface area contributed by atoms with Crippen LogP contribution in [-0.2, 0) is 33.0 Å². The van der Waals surface area contributed by atoms with Gasteiger partial charge in [0.05, 0.1) is 22.6 Å². The summed E-state index contributed by atoms with van der Waals surface area (Å²) in [6.07, 6.45) is 0.924. The number of aryl methyl sites for hydroxylation is 1. The van der Waals surface area contributed by atoms with Crippen LogP contribution in [-0.4, -0.2) is 28.8 Å². The lowest BCUT2D eigenvalue weighted by atomic mass is 10.2. The van der Waals surface area contributed by atoms with E-state index >= 15 is 0 Å². The van der Waals surface area contributed by atoms with E-state index in [0.717, 1.165) is 22.4 Å². The zero-order valence-corrected chi connectivity index (χ0v) is 18.2. The molecule has 7 heteroatoms. The van der Waals surface area contributed by atoms with Crippen LogP contribution in [0.25, 0.3) is 10.2 Å². The van der Waals surface area contributed by atoms with Crippen molar-refractivity contribution in [2.45, 2.75) is 32.6 Å². The standard InChI is InChI=1S/C22H24N2O3S2/c1-3-16-10-11-18-19(12-16)29-22(24(18)13-21(26)27-4-2)23-20(25)15-28-14-17-8-6-5-7-9-17/h5-12H,3-4,13-15H2,1-2H3. The first-order valence-corrected chi connectivity index (χ1v) is 11.5. The van der Waals surface area contributed by atoms with Crippen molar-refractivity contribution >= 4 is 45.2 Å². The van der Waals surface area contributed by atoms with Gasteiger partial charge in [0, 0.05) is 5.75 Å². The number of thioether (sulfide) groups is 1. The Kier molecular flexibility index (Phi) is 7.66. The highest BCUT2D eigenvalue weighted by molar-refractivity contribution is 7.99. The van der Waals surface area contributed by atoms with Gasteiger partial charge in [0.25, 0.3) is 5.91 Å². The molecule has 0 atom stereocenters. The van der Waals surface area contributed by atoms with E-state index in [1.165, 1.54) is 34.2 Å². The van der Waals surface area contributed by atoms with Crippen LogP contribution in [0.5, 0.6) is 0 Å². The van der Waals surface area contributed by atoms with Crippen molar-refractivity contribution in [2.24, 2.45) is 4.99 Å². The highest BCUT2D eigenvalue weighted by atomic mass is 32.2. The van der Waals surface area contributed by atoms with Crippen LogP contribution in [0.1, 0.15) is 25.0 Å². The third-order valence-electron chi connectivity index (χ3n) is 4.31. The summed E-state index contributed by atoms with van der Waals surface area (Å²) < 4.78 is 7.88. The van der Waals surface area contributed by atoms with Crippen LogP contribution >= 0.6 is 23.1 Å². The number of esters is 1. The van der Waals surface area contributed by atoms with Crippen LogP contribution < -0.4 is 4.80 Å². The third kappa shape index (κ3) is 5.81. The van der Waals surface area contributed by atoms with Crippen molar-refractivity contribution in [1.29, 1.82) is 0 Å². The molecule has 0 aliphatic heterocycles. The number of carbonyl (C=O) groups excluding carboxylic acids is 2. The highest BCUT2D eigenvalue weighted by Gasteiger charge is 2.12. The molecule has 2 aromatic carbocycles. The maximum absolute atomic E-state index is 12.5. The minimum atomic E-state index is -0.334. The summed E-state index contributed by atoms with van der Waals surface area (Å²) in [5, 5.41) is 0. The van der Waals surface area contributed by atoms with Crippen molar-refractivity contribution in [3.05, 3.63) is 64.5 Å². The topological polar surface area (TPSA) is 60.7 Å². The zero-order valence-electron chi connectivity index (χ0n) is 16.6. The monoisotopic (exact) mass is 428 g/mol. The number of carbonyl (C=O) groups is 2. The number of hydrogen-bond acceptors (Lipinski definition) is 5. The summed E-state index contributed by atoms with van der Waals surface area (Å²) in [5.41, 5.74) is 3.28. The van der Waals surface area contributed by atoms with Gasteiger partial charge in [0.15, 0.2) is 4.80 Å². The van der Waals surface area contributed by atoms with Gasteiger partial charge in [-0.2, -0.15) is 4.99 Å². The largest absolute Gasteiger partial charge is 0.465 e. The molecule has 5 nitrogen and oxygen atoms in total. The predicted molar refractivity (Wildman–Crippen MR) is 119 cm³/mol. The molecule has 0 fully saturated rings. The van der Waals surface area contributed by atoms with Gasteiger partial charge in [0.2, 0.25) is 0 Å². The van der Waals surface area contributed by atoms with Crippen LogP contribution in [0.3, 0.4) is 0 Å². The fraction of sp³-hybridized carbons (Fsp3) is 0.318. The predicted octanol–water partition coefficient (Wildman–Crippen LogP) is 4.19. The number of hydrogen-bond donors (Lipinski definition) is 0. The second kappa shape index (κ2) is 10.4. The number of amides is 1. The zero-order chi connectivity index (χ0) is 20.6. The fourth-order valence-corrected chi connectivity index (χ4v) is 4.76. The number of aromatic nitrogens is 1. The molecule has 0 radical (unpaired) electrons. The summed E-state index contributed by atoms with van der Waals surface area (Å²) in [4.78, 5) is 29.4. The number of thiazole rings is 1. The molecule has 1 heterocycles. The molecular weight excluding hydrogens is 404 g/mol. The number of rotatable bonds is 8. The number of nitrogens with zero attached hydrogens (tertiary/aromatic N) is 2. The molecular formula is C22H24N2O3S2. The van der Waals surface area contributed by atoms with Gasteiger partial charge in [-0.3, -0.25) is 9.59 Å². The van der Waals surface area contributed by atoms with E-state index < -0.39 is 0 Å². The summed E-state index contributed by atoms with van der Waals surface area (Å²) in [7, 11) is 0. The fourth-order valence-electron chi connectivity index (χ4n) is 2.88. The first-order chi connectivity index (χ1) is 14.1. The van der Waals surface area contributed by atoms with Gasteiger partial charge < -0.3 is 9.30 Å². The molecule has 3 rings (SSSR count). The molecule has 29 heavy (non-hydrogen) atoms. The molecule has 152 valence electrons. The number of ether oxygens (including phenoxy) is 1. The Balaban J connectivity index is 1.83. The van der Waals surface area contributed by atoms with Crippen molar-refractivity contribution < 1.29 is 14.3 Å². The van der Waals surface area contributed by atoms with Crippen LogP contribution in [0.15, 0.2) is 53.5 Å². The highest BCUT2D eigenvalue weighted by Crippen LogP contribution is 2.20. The first kappa shape index (κ1) is 21.3. The molecule has 0 bridgehead atoms. The minimum Gasteiger partial charge on any atom is -0.465 e. The Morgan fingerprint density at radius 2 is 1.90 bits per heavy atom. The van der Waals surface area contributed by atoms with E-state index in [-0.39, 0.29) is 18.4 Å². The van der Waals surface area contributed by atoms with E-state index in [0.29, 0.717) is 17.2 Å². The summed E-state index contributed by atoms with van der Waals surface area (Å²) >= 11 is 2.97. The van der Waals surface area contributed by atoms with Gasteiger partial charge in [-0.1, -0.05) is 54.7 Å². The Labute approximate surface area is 178 Å². The molecule has 3 aromatic rings. The second-order valence-corrected chi connectivity index (χ2v) is 8.41. The van der Waals surface area contributed by atoms with E-state index in [1.807, 2.05) is 42.5 Å². The maximum atomic E-state index is 12.5. The third-order valence-corrected chi connectivity index (χ3v) is 6.34. The molecule has 0 N–H and O–H groups in total. The van der Waals surface area contributed by atoms with Gasteiger partial charge in [-0.25, -0.2) is 0 Å². The number of fused-ring (bicyclic) bond motifs is 1. The normalized spacial score (nSPS) is 11.7. The lowest BCUT2D eigenvalue weighted by Crippen LogP contribution is -2.23. The Hall–Kier alpha value is -2.38. The molecule has 0 spiro atoms. The van der Waals surface area contributed by atoms with Crippen LogP contribution in [0.2, 0.25) is 0 Å². The van der Waals surface area contributed by atoms with Crippen LogP contribution in [0, 0.1) is 0 Å². The van der Waals surface area contributed by atoms with Crippen molar-refractivity contribution in [2.75, 3.05) is 12.4 Å². The van der Waals surface area contributed by atoms with E-state index in [9.17, 15) is 9.59 Å².